The van der Waals surface area contributed by atoms with Gasteiger partial charge >= 0.3 is 5.97 Å². The molecule has 3 aromatic carbocycles. The molecule has 2 fully saturated rings. The van der Waals surface area contributed by atoms with Crippen LogP contribution in [0.25, 0.3) is 42.8 Å². The van der Waals surface area contributed by atoms with Gasteiger partial charge in [0.2, 0.25) is 0 Å². The number of hydrogen-bond donors (Lipinski definition) is 1. The molecule has 204 valence electrons. The summed E-state index contributed by atoms with van der Waals surface area (Å²) in [5.41, 5.74) is 9.40. The molecule has 1 N–H and O–H groups in total. The average molecular weight is 551 g/mol. The molecule has 40 heavy (non-hydrogen) atoms. The zero-order valence-corrected chi connectivity index (χ0v) is 24.1. The molecule has 2 aromatic heterocycles. The number of fused-ring (bicyclic) bond motifs is 2. The molecule has 1 aliphatic carbocycles. The van der Waals surface area contributed by atoms with E-state index < -0.39 is 5.97 Å². The van der Waals surface area contributed by atoms with Gasteiger partial charge in [0.15, 0.2) is 0 Å². The van der Waals surface area contributed by atoms with Gasteiger partial charge in [0.1, 0.15) is 5.01 Å². The van der Waals surface area contributed by atoms with Crippen molar-refractivity contribution in [3.63, 3.8) is 0 Å². The van der Waals surface area contributed by atoms with Gasteiger partial charge in [0.05, 0.1) is 27.8 Å². The number of aryl methyl sites for hydroxylation is 3. The van der Waals surface area contributed by atoms with E-state index >= 15 is 0 Å². The van der Waals surface area contributed by atoms with Crippen LogP contribution in [0.5, 0.6) is 0 Å². The molecule has 7 rings (SSSR count). The number of carboxylic acid groups (broad SMARTS) is 1. The minimum Gasteiger partial charge on any atom is -0.481 e. The summed E-state index contributed by atoms with van der Waals surface area (Å²) in [5.74, 6) is -0.359. The predicted molar refractivity (Wildman–Crippen MR) is 162 cm³/mol. The number of rotatable bonds is 6. The lowest BCUT2D eigenvalue weighted by molar-refractivity contribution is -0.136. The molecule has 2 aliphatic rings. The molecule has 7 heteroatoms. The zero-order chi connectivity index (χ0) is 27.5. The first-order valence-corrected chi connectivity index (χ1v) is 15.1. The van der Waals surface area contributed by atoms with Crippen LogP contribution in [0.15, 0.2) is 48.5 Å². The van der Waals surface area contributed by atoms with Crippen molar-refractivity contribution in [2.45, 2.75) is 57.9 Å². The molecule has 0 spiro atoms. The Hall–Kier alpha value is -3.55. The molecule has 1 aliphatic heterocycles. The van der Waals surface area contributed by atoms with E-state index in [0.29, 0.717) is 5.92 Å². The molecule has 0 radical (unpaired) electrons. The minimum atomic E-state index is -0.821. The maximum atomic E-state index is 11.8. The third-order valence-electron chi connectivity index (χ3n) is 9.00. The largest absolute Gasteiger partial charge is 0.481 e. The topological polar surface area (TPSA) is 71.2 Å². The Morgan fingerprint density at radius 3 is 2.55 bits per heavy atom. The van der Waals surface area contributed by atoms with Crippen molar-refractivity contribution in [1.82, 2.24) is 19.7 Å². The number of carboxylic acids is 1. The fourth-order valence-corrected chi connectivity index (χ4v) is 7.72. The van der Waals surface area contributed by atoms with Crippen LogP contribution in [0.4, 0.5) is 0 Å². The molecule has 1 saturated heterocycles. The summed E-state index contributed by atoms with van der Waals surface area (Å²) in [6.07, 6.45) is 5.21. The lowest BCUT2D eigenvalue weighted by Crippen LogP contribution is -2.38. The normalized spacial score (nSPS) is 18.1. The van der Waals surface area contributed by atoms with Crippen molar-refractivity contribution in [3.8, 4) is 21.7 Å². The molecule has 6 nitrogen and oxygen atoms in total. The number of carbonyl (C=O) groups is 1. The molecule has 1 saturated carbocycles. The van der Waals surface area contributed by atoms with E-state index in [0.717, 1.165) is 61.1 Å². The van der Waals surface area contributed by atoms with E-state index in [1.54, 1.807) is 11.3 Å². The van der Waals surface area contributed by atoms with Crippen molar-refractivity contribution in [2.75, 3.05) is 13.1 Å². The second-order valence-electron chi connectivity index (χ2n) is 11.7. The Morgan fingerprint density at radius 1 is 1.05 bits per heavy atom. The van der Waals surface area contributed by atoms with Crippen LogP contribution in [0.1, 0.15) is 54.0 Å². The number of aromatic nitrogens is 3. The number of thiazole rings is 1. The Labute approximate surface area is 238 Å². The van der Waals surface area contributed by atoms with Crippen LogP contribution < -0.4 is 0 Å². The van der Waals surface area contributed by atoms with Crippen molar-refractivity contribution in [3.05, 3.63) is 70.9 Å². The molecule has 3 heterocycles. The number of aliphatic carboxylic acids is 1. The first-order chi connectivity index (χ1) is 19.4. The quantitative estimate of drug-likeness (QED) is 0.244. The van der Waals surface area contributed by atoms with Crippen molar-refractivity contribution >= 4 is 38.4 Å². The van der Waals surface area contributed by atoms with Crippen LogP contribution in [0.3, 0.4) is 0 Å². The monoisotopic (exact) mass is 550 g/mol. The van der Waals surface area contributed by atoms with Gasteiger partial charge in [0.25, 0.3) is 0 Å². The summed E-state index contributed by atoms with van der Waals surface area (Å²) in [7, 11) is 2.04. The van der Waals surface area contributed by atoms with E-state index in [9.17, 15) is 9.90 Å². The van der Waals surface area contributed by atoms with E-state index in [-0.39, 0.29) is 6.42 Å². The predicted octanol–water partition coefficient (Wildman–Crippen LogP) is 7.10. The van der Waals surface area contributed by atoms with E-state index in [2.05, 4.69) is 54.3 Å². The van der Waals surface area contributed by atoms with Crippen molar-refractivity contribution in [1.29, 1.82) is 0 Å². The Bertz CT molecular complexity index is 1760. The zero-order valence-electron chi connectivity index (χ0n) is 23.3. The maximum absolute atomic E-state index is 11.8. The average Bonchev–Trinajstić information content (AvgIpc) is 3.61. The fourth-order valence-electron chi connectivity index (χ4n) is 6.58. The first-order valence-electron chi connectivity index (χ1n) is 14.3. The maximum Gasteiger partial charge on any atom is 0.307 e. The third-order valence-corrected chi connectivity index (χ3v) is 10.1. The molecule has 5 aromatic rings. The Kier molecular flexibility index (Phi) is 6.24. The highest BCUT2D eigenvalue weighted by molar-refractivity contribution is 7.22. The van der Waals surface area contributed by atoms with Gasteiger partial charge in [-0.15, -0.1) is 11.3 Å². The summed E-state index contributed by atoms with van der Waals surface area (Å²) in [6, 6.07) is 17.8. The molecule has 0 bridgehead atoms. The summed E-state index contributed by atoms with van der Waals surface area (Å²) in [5, 5.41) is 16.9. The van der Waals surface area contributed by atoms with Crippen molar-refractivity contribution in [2.24, 2.45) is 7.05 Å². The van der Waals surface area contributed by atoms with Gasteiger partial charge in [-0.1, -0.05) is 36.2 Å². The smallest absolute Gasteiger partial charge is 0.307 e. The highest BCUT2D eigenvalue weighted by Crippen LogP contribution is 2.42. The highest BCUT2D eigenvalue weighted by Gasteiger charge is 2.34. The minimum absolute atomic E-state index is 0.0114. The lowest BCUT2D eigenvalue weighted by Gasteiger charge is -2.34. The Balaban J connectivity index is 1.33. The lowest BCUT2D eigenvalue weighted by atomic mass is 9.92. The van der Waals surface area contributed by atoms with Crippen LogP contribution in [0.2, 0.25) is 0 Å². The standard InChI is InChI=1S/C33H34N4O2S/c1-19-7-9-21(10-8-19)30-25(17-29(38)39)20(2)15-27-32(30)40-33(34-27)22-11-12-28-26(16-22)31(35-36(28)3)23-13-14-37(18-23)24-5-4-6-24/h7-12,15-16,23-24H,4-6,13-14,17-18H2,1-3H3,(H,38,39). The fraction of sp³-hybridized carbons (Fsp3) is 0.364. The highest BCUT2D eigenvalue weighted by atomic mass is 32.1. The Morgan fingerprint density at radius 2 is 1.82 bits per heavy atom. The second-order valence-corrected chi connectivity index (χ2v) is 12.7. The van der Waals surface area contributed by atoms with E-state index in [1.807, 2.05) is 24.7 Å². The van der Waals surface area contributed by atoms with Gasteiger partial charge < -0.3 is 5.11 Å². The molecule has 1 atom stereocenters. The molecule has 0 amide bonds. The second kappa shape index (κ2) is 9.82. The molecular formula is C33H34N4O2S. The van der Waals surface area contributed by atoms with Crippen molar-refractivity contribution < 1.29 is 9.90 Å². The number of benzene rings is 3. The summed E-state index contributed by atoms with van der Waals surface area (Å²) in [6.45, 7) is 6.34. The number of hydrogen-bond acceptors (Lipinski definition) is 5. The van der Waals surface area contributed by atoms with Crippen LogP contribution in [0, 0.1) is 13.8 Å². The van der Waals surface area contributed by atoms with Gasteiger partial charge in [0, 0.05) is 42.1 Å². The van der Waals surface area contributed by atoms with E-state index in [4.69, 9.17) is 10.1 Å². The summed E-state index contributed by atoms with van der Waals surface area (Å²) in [4.78, 5) is 19.6. The van der Waals surface area contributed by atoms with Gasteiger partial charge in [-0.3, -0.25) is 14.4 Å². The van der Waals surface area contributed by atoms with Crippen LogP contribution >= 0.6 is 11.3 Å². The van der Waals surface area contributed by atoms with Gasteiger partial charge in [-0.05, 0) is 80.6 Å². The number of likely N-dealkylation sites (tertiary alicyclic amines) is 1. The molecule has 1 unspecified atom stereocenters. The van der Waals surface area contributed by atoms with Crippen LogP contribution in [-0.4, -0.2) is 49.9 Å². The SMILES string of the molecule is Cc1ccc(-c2c(CC(=O)O)c(C)cc3nc(-c4ccc5c(c4)c(C4CCN(C6CCC6)C4)nn5C)sc23)cc1. The van der Waals surface area contributed by atoms with Gasteiger partial charge in [-0.2, -0.15) is 5.10 Å². The van der Waals surface area contributed by atoms with Gasteiger partial charge in [-0.25, -0.2) is 4.98 Å². The first kappa shape index (κ1) is 25.4. The summed E-state index contributed by atoms with van der Waals surface area (Å²) < 4.78 is 3.06. The third kappa shape index (κ3) is 4.32. The molecular weight excluding hydrogens is 516 g/mol. The van der Waals surface area contributed by atoms with E-state index in [1.165, 1.54) is 48.9 Å². The van der Waals surface area contributed by atoms with Crippen LogP contribution in [-0.2, 0) is 18.3 Å². The number of nitrogens with zero attached hydrogens (tertiary/aromatic N) is 4. The summed E-state index contributed by atoms with van der Waals surface area (Å²) >= 11 is 1.65.